The fraction of sp³-hybridized carbons (Fsp3) is 0.167. The summed E-state index contributed by atoms with van der Waals surface area (Å²) in [5, 5.41) is 8.20. The maximum Gasteiger partial charge on any atom is 0.292 e. The highest BCUT2D eigenvalue weighted by atomic mass is 35.5. The van der Waals surface area contributed by atoms with E-state index >= 15 is 0 Å². The Morgan fingerprint density at radius 1 is 1.03 bits per heavy atom. The number of ether oxygens (including phenoxy) is 1. The van der Waals surface area contributed by atoms with Gasteiger partial charge in [-0.25, -0.2) is 0 Å². The lowest BCUT2D eigenvalue weighted by Gasteiger charge is -2.10. The number of aromatic nitrogens is 2. The van der Waals surface area contributed by atoms with E-state index in [0.717, 1.165) is 22.4 Å². The van der Waals surface area contributed by atoms with Gasteiger partial charge in [0.1, 0.15) is 18.1 Å². The van der Waals surface area contributed by atoms with Crippen LogP contribution in [0.4, 0.5) is 5.82 Å². The van der Waals surface area contributed by atoms with Crippen LogP contribution in [0.25, 0.3) is 0 Å². The number of hydrogen-bond acceptors (Lipinski definition) is 4. The third-order valence-corrected chi connectivity index (χ3v) is 5.63. The Morgan fingerprint density at radius 3 is 2.44 bits per heavy atom. The monoisotopic (exact) mass is 469 g/mol. The molecular weight excluding hydrogens is 449 g/mol. The number of nitrogens with zero attached hydrogens (tertiary/aromatic N) is 2. The Balaban J connectivity index is 1.37. The number of hydrogen-bond donors (Lipinski definition) is 1. The van der Waals surface area contributed by atoms with E-state index in [4.69, 9.17) is 32.4 Å². The highest BCUT2D eigenvalue weighted by molar-refractivity contribution is 6.35. The van der Waals surface area contributed by atoms with Gasteiger partial charge in [0.05, 0.1) is 6.54 Å². The second-order valence-corrected chi connectivity index (χ2v) is 8.14. The molecule has 2 heterocycles. The van der Waals surface area contributed by atoms with Gasteiger partial charge < -0.3 is 14.5 Å². The maximum atomic E-state index is 12.5. The van der Waals surface area contributed by atoms with Crippen molar-refractivity contribution >= 4 is 34.9 Å². The van der Waals surface area contributed by atoms with Crippen LogP contribution in [0.15, 0.2) is 65.2 Å². The van der Waals surface area contributed by atoms with Crippen molar-refractivity contribution in [2.24, 2.45) is 0 Å². The number of benzene rings is 2. The second-order valence-electron chi connectivity index (χ2n) is 7.33. The predicted octanol–water partition coefficient (Wildman–Crippen LogP) is 6.28. The van der Waals surface area contributed by atoms with Crippen LogP contribution in [0, 0.1) is 13.8 Å². The first-order valence-electron chi connectivity index (χ1n) is 9.96. The zero-order valence-corrected chi connectivity index (χ0v) is 19.1. The molecule has 2 aromatic carbocycles. The molecule has 164 valence electrons. The molecule has 32 heavy (non-hydrogen) atoms. The topological polar surface area (TPSA) is 69.3 Å². The van der Waals surface area contributed by atoms with Crippen LogP contribution in [-0.2, 0) is 13.2 Å². The Labute approximate surface area is 195 Å². The van der Waals surface area contributed by atoms with E-state index in [-0.39, 0.29) is 12.4 Å². The summed E-state index contributed by atoms with van der Waals surface area (Å²) in [4.78, 5) is 12.5. The molecule has 0 unspecified atom stereocenters. The van der Waals surface area contributed by atoms with Crippen LogP contribution in [0.3, 0.4) is 0 Å². The van der Waals surface area contributed by atoms with E-state index in [9.17, 15) is 4.79 Å². The average molecular weight is 470 g/mol. The minimum atomic E-state index is -0.399. The minimum Gasteiger partial charge on any atom is -0.485 e. The molecule has 4 rings (SSSR count). The predicted molar refractivity (Wildman–Crippen MR) is 125 cm³/mol. The van der Waals surface area contributed by atoms with Crippen LogP contribution in [0.1, 0.15) is 33.0 Å². The fourth-order valence-corrected chi connectivity index (χ4v) is 3.80. The molecule has 0 aliphatic heterocycles. The van der Waals surface area contributed by atoms with E-state index < -0.39 is 5.91 Å². The molecule has 0 bridgehead atoms. The standard InChI is InChI=1S/C24H21Cl2N3O3/c1-15-5-3-6-16(2)23(15)31-14-17-9-10-21(32-17)24(30)27-22-11-12-29(28-22)13-18-19(25)7-4-8-20(18)26/h3-12H,13-14H2,1-2H3,(H,27,28,30). The molecule has 6 nitrogen and oxygen atoms in total. The molecule has 0 spiro atoms. The van der Waals surface area contributed by atoms with Crippen molar-refractivity contribution in [3.63, 3.8) is 0 Å². The molecule has 8 heteroatoms. The summed E-state index contributed by atoms with van der Waals surface area (Å²) in [6.45, 7) is 4.59. The van der Waals surface area contributed by atoms with Gasteiger partial charge in [0, 0.05) is 27.9 Å². The SMILES string of the molecule is Cc1cccc(C)c1OCc1ccc(C(=O)Nc2ccn(Cc3c(Cl)cccc3Cl)n2)o1. The molecule has 0 radical (unpaired) electrons. The first-order chi connectivity index (χ1) is 15.4. The van der Waals surface area contributed by atoms with Crippen LogP contribution in [-0.4, -0.2) is 15.7 Å². The summed E-state index contributed by atoms with van der Waals surface area (Å²) in [5.41, 5.74) is 2.85. The van der Waals surface area contributed by atoms with Gasteiger partial charge in [-0.1, -0.05) is 47.5 Å². The Hall–Kier alpha value is -3.22. The fourth-order valence-electron chi connectivity index (χ4n) is 3.29. The summed E-state index contributed by atoms with van der Waals surface area (Å²) < 4.78 is 13.2. The van der Waals surface area contributed by atoms with Crippen molar-refractivity contribution in [1.29, 1.82) is 0 Å². The number of nitrogens with one attached hydrogen (secondary N) is 1. The first kappa shape index (κ1) is 22.0. The number of para-hydroxylation sites is 1. The number of halogens is 2. The number of anilines is 1. The number of aryl methyl sites for hydroxylation is 2. The van der Waals surface area contributed by atoms with Crippen molar-refractivity contribution in [2.75, 3.05) is 5.32 Å². The van der Waals surface area contributed by atoms with Crippen LogP contribution in [0.2, 0.25) is 10.0 Å². The van der Waals surface area contributed by atoms with Crippen molar-refractivity contribution in [3.05, 3.63) is 99.1 Å². The Morgan fingerprint density at radius 2 is 1.72 bits per heavy atom. The summed E-state index contributed by atoms with van der Waals surface area (Å²) in [5.74, 6) is 1.54. The number of rotatable bonds is 7. The summed E-state index contributed by atoms with van der Waals surface area (Å²) in [6, 6.07) is 16.3. The lowest BCUT2D eigenvalue weighted by Crippen LogP contribution is -2.12. The quantitative estimate of drug-likeness (QED) is 0.345. The average Bonchev–Trinajstić information content (AvgIpc) is 3.40. The van der Waals surface area contributed by atoms with Crippen molar-refractivity contribution in [2.45, 2.75) is 27.0 Å². The molecule has 4 aromatic rings. The summed E-state index contributed by atoms with van der Waals surface area (Å²) >= 11 is 12.4. The van der Waals surface area contributed by atoms with Gasteiger partial charge in [0.2, 0.25) is 0 Å². The maximum absolute atomic E-state index is 12.5. The van der Waals surface area contributed by atoms with E-state index in [0.29, 0.717) is 28.2 Å². The van der Waals surface area contributed by atoms with Gasteiger partial charge in [-0.2, -0.15) is 5.10 Å². The van der Waals surface area contributed by atoms with E-state index in [1.165, 1.54) is 0 Å². The number of furan rings is 1. The molecule has 0 aliphatic carbocycles. The van der Waals surface area contributed by atoms with Crippen LogP contribution < -0.4 is 10.1 Å². The molecule has 0 fully saturated rings. The minimum absolute atomic E-state index is 0.175. The van der Waals surface area contributed by atoms with E-state index in [2.05, 4.69) is 10.4 Å². The smallest absolute Gasteiger partial charge is 0.292 e. The summed E-state index contributed by atoms with van der Waals surface area (Å²) in [6.07, 6.45) is 1.74. The van der Waals surface area contributed by atoms with Crippen molar-refractivity contribution < 1.29 is 13.9 Å². The molecule has 0 atom stereocenters. The third kappa shape index (κ3) is 4.98. The lowest BCUT2D eigenvalue weighted by molar-refractivity contribution is 0.0992. The van der Waals surface area contributed by atoms with Crippen molar-refractivity contribution in [3.8, 4) is 5.75 Å². The first-order valence-corrected chi connectivity index (χ1v) is 10.7. The van der Waals surface area contributed by atoms with Gasteiger partial charge in [-0.3, -0.25) is 9.48 Å². The highest BCUT2D eigenvalue weighted by Gasteiger charge is 2.14. The van der Waals surface area contributed by atoms with Gasteiger partial charge in [-0.05, 0) is 49.2 Å². The molecule has 1 amide bonds. The number of carbonyl (C=O) groups excluding carboxylic acids is 1. The Bertz CT molecular complexity index is 1220. The third-order valence-electron chi connectivity index (χ3n) is 4.92. The normalized spacial score (nSPS) is 10.9. The molecular formula is C24H21Cl2N3O3. The molecule has 0 aliphatic rings. The molecule has 0 saturated carbocycles. The van der Waals surface area contributed by atoms with Crippen LogP contribution >= 0.6 is 23.2 Å². The largest absolute Gasteiger partial charge is 0.485 e. The zero-order chi connectivity index (χ0) is 22.7. The highest BCUT2D eigenvalue weighted by Crippen LogP contribution is 2.26. The van der Waals surface area contributed by atoms with Crippen molar-refractivity contribution in [1.82, 2.24) is 9.78 Å². The molecule has 2 aromatic heterocycles. The number of carbonyl (C=O) groups is 1. The van der Waals surface area contributed by atoms with Gasteiger partial charge in [0.15, 0.2) is 11.6 Å². The summed E-state index contributed by atoms with van der Waals surface area (Å²) in [7, 11) is 0. The zero-order valence-electron chi connectivity index (χ0n) is 17.6. The van der Waals surface area contributed by atoms with Crippen LogP contribution in [0.5, 0.6) is 5.75 Å². The van der Waals surface area contributed by atoms with E-state index in [1.807, 2.05) is 32.0 Å². The molecule has 0 saturated heterocycles. The Kier molecular flexibility index (Phi) is 6.53. The number of amides is 1. The lowest BCUT2D eigenvalue weighted by atomic mass is 10.1. The second kappa shape index (κ2) is 9.51. The molecule has 1 N–H and O–H groups in total. The van der Waals surface area contributed by atoms with Gasteiger partial charge in [-0.15, -0.1) is 0 Å². The van der Waals surface area contributed by atoms with Gasteiger partial charge >= 0.3 is 0 Å². The van der Waals surface area contributed by atoms with E-state index in [1.54, 1.807) is 47.3 Å². The van der Waals surface area contributed by atoms with Gasteiger partial charge in [0.25, 0.3) is 5.91 Å².